The first-order valence-electron chi connectivity index (χ1n) is 7.27. The predicted octanol–water partition coefficient (Wildman–Crippen LogP) is 4.34. The second kappa shape index (κ2) is 6.79. The number of aryl methyl sites for hydroxylation is 1. The highest BCUT2D eigenvalue weighted by atomic mass is 32.1. The number of rotatable bonds is 5. The molecule has 0 spiro atoms. The summed E-state index contributed by atoms with van der Waals surface area (Å²) in [4.78, 5) is 5.56. The Morgan fingerprint density at radius 1 is 1.13 bits per heavy atom. The van der Waals surface area contributed by atoms with Gasteiger partial charge in [-0.2, -0.15) is 0 Å². The van der Waals surface area contributed by atoms with Gasteiger partial charge in [-0.25, -0.2) is 9.37 Å². The minimum Gasteiger partial charge on any atom is -0.487 e. The van der Waals surface area contributed by atoms with Crippen LogP contribution < -0.4 is 10.5 Å². The molecule has 1 aromatic heterocycles. The van der Waals surface area contributed by atoms with Gasteiger partial charge in [-0.3, -0.25) is 0 Å². The summed E-state index contributed by atoms with van der Waals surface area (Å²) in [7, 11) is 0. The van der Waals surface area contributed by atoms with Crippen LogP contribution in [0.4, 0.5) is 10.1 Å². The predicted molar refractivity (Wildman–Crippen MR) is 91.2 cm³/mol. The molecule has 0 aliphatic heterocycles. The standard InChI is InChI=1S/C18H17FN2OS/c1-12-10-21-18(23-12)9-14-4-7-17(16(20)8-14)22-11-13-2-5-15(19)6-3-13/h2-8,10H,9,11,20H2,1H3. The van der Waals surface area contributed by atoms with E-state index >= 15 is 0 Å². The second-order valence-electron chi connectivity index (χ2n) is 5.33. The molecule has 0 fully saturated rings. The zero-order valence-corrected chi connectivity index (χ0v) is 13.6. The lowest BCUT2D eigenvalue weighted by Crippen LogP contribution is -2.00. The van der Waals surface area contributed by atoms with Gasteiger partial charge >= 0.3 is 0 Å². The fraction of sp³-hybridized carbons (Fsp3) is 0.167. The molecule has 3 nitrogen and oxygen atoms in total. The number of nitrogens with zero attached hydrogens (tertiary/aromatic N) is 1. The van der Waals surface area contributed by atoms with Crippen LogP contribution in [0.15, 0.2) is 48.7 Å². The zero-order valence-electron chi connectivity index (χ0n) is 12.8. The van der Waals surface area contributed by atoms with Gasteiger partial charge in [0, 0.05) is 17.5 Å². The summed E-state index contributed by atoms with van der Waals surface area (Å²) in [5.74, 6) is 0.378. The number of benzene rings is 2. The number of aromatic nitrogens is 1. The van der Waals surface area contributed by atoms with Crippen LogP contribution in [0, 0.1) is 12.7 Å². The Labute approximate surface area is 138 Å². The van der Waals surface area contributed by atoms with Crippen LogP contribution in [-0.4, -0.2) is 4.98 Å². The van der Waals surface area contributed by atoms with Crippen molar-refractivity contribution in [3.05, 3.63) is 75.5 Å². The van der Waals surface area contributed by atoms with E-state index in [1.807, 2.05) is 31.3 Å². The lowest BCUT2D eigenvalue weighted by atomic mass is 10.1. The van der Waals surface area contributed by atoms with Gasteiger partial charge in [-0.1, -0.05) is 18.2 Å². The molecule has 0 unspecified atom stereocenters. The Bertz CT molecular complexity index is 799. The summed E-state index contributed by atoms with van der Waals surface area (Å²) < 4.78 is 18.6. The molecule has 0 atom stereocenters. The molecule has 3 aromatic rings. The van der Waals surface area contributed by atoms with Crippen LogP contribution in [0.5, 0.6) is 5.75 Å². The highest BCUT2D eigenvalue weighted by Crippen LogP contribution is 2.25. The van der Waals surface area contributed by atoms with Crippen LogP contribution >= 0.6 is 11.3 Å². The van der Waals surface area contributed by atoms with E-state index in [0.29, 0.717) is 18.0 Å². The fourth-order valence-electron chi connectivity index (χ4n) is 2.24. The van der Waals surface area contributed by atoms with E-state index < -0.39 is 0 Å². The average molecular weight is 328 g/mol. The second-order valence-corrected chi connectivity index (χ2v) is 6.65. The van der Waals surface area contributed by atoms with Crippen LogP contribution in [0.2, 0.25) is 0 Å². The van der Waals surface area contributed by atoms with Crippen LogP contribution in [0.1, 0.15) is 21.0 Å². The topological polar surface area (TPSA) is 48.1 Å². The van der Waals surface area contributed by atoms with Gasteiger partial charge in [-0.15, -0.1) is 11.3 Å². The summed E-state index contributed by atoms with van der Waals surface area (Å²) in [6.45, 7) is 2.40. The first kappa shape index (κ1) is 15.5. The third kappa shape index (κ3) is 4.07. The molecule has 118 valence electrons. The van der Waals surface area contributed by atoms with Crippen molar-refractivity contribution in [3.63, 3.8) is 0 Å². The van der Waals surface area contributed by atoms with Crippen LogP contribution in [-0.2, 0) is 13.0 Å². The molecule has 0 radical (unpaired) electrons. The largest absolute Gasteiger partial charge is 0.487 e. The Morgan fingerprint density at radius 3 is 2.52 bits per heavy atom. The van der Waals surface area contributed by atoms with E-state index in [0.717, 1.165) is 22.6 Å². The summed E-state index contributed by atoms with van der Waals surface area (Å²) >= 11 is 1.69. The number of nitrogen functional groups attached to an aromatic ring is 1. The van der Waals surface area contributed by atoms with Crippen molar-refractivity contribution in [1.29, 1.82) is 0 Å². The number of halogens is 1. The summed E-state index contributed by atoms with van der Waals surface area (Å²) in [6, 6.07) is 12.0. The van der Waals surface area contributed by atoms with E-state index in [9.17, 15) is 4.39 Å². The minimum absolute atomic E-state index is 0.255. The zero-order chi connectivity index (χ0) is 16.2. The highest BCUT2D eigenvalue weighted by molar-refractivity contribution is 7.11. The molecule has 5 heteroatoms. The lowest BCUT2D eigenvalue weighted by Gasteiger charge is -2.10. The van der Waals surface area contributed by atoms with Crippen LogP contribution in [0.3, 0.4) is 0 Å². The third-order valence-electron chi connectivity index (χ3n) is 3.41. The first-order chi connectivity index (χ1) is 11.1. The van der Waals surface area contributed by atoms with Gasteiger partial charge in [-0.05, 0) is 42.3 Å². The fourth-order valence-corrected chi connectivity index (χ4v) is 3.06. The third-order valence-corrected chi connectivity index (χ3v) is 4.32. The molecule has 0 saturated heterocycles. The van der Waals surface area contributed by atoms with Crippen molar-refractivity contribution in [2.24, 2.45) is 0 Å². The normalized spacial score (nSPS) is 10.7. The Kier molecular flexibility index (Phi) is 4.57. The molecule has 3 rings (SSSR count). The number of thiazole rings is 1. The van der Waals surface area contributed by atoms with Crippen molar-refractivity contribution in [2.75, 3.05) is 5.73 Å². The summed E-state index contributed by atoms with van der Waals surface area (Å²) in [5, 5.41) is 1.07. The van der Waals surface area contributed by atoms with Crippen molar-refractivity contribution in [1.82, 2.24) is 4.98 Å². The molecule has 0 bridgehead atoms. The number of hydrogen-bond acceptors (Lipinski definition) is 4. The molecule has 2 N–H and O–H groups in total. The first-order valence-corrected chi connectivity index (χ1v) is 8.09. The molecular weight excluding hydrogens is 311 g/mol. The van der Waals surface area contributed by atoms with E-state index in [4.69, 9.17) is 10.5 Å². The smallest absolute Gasteiger partial charge is 0.142 e. The molecule has 23 heavy (non-hydrogen) atoms. The van der Waals surface area contributed by atoms with E-state index in [1.54, 1.807) is 23.5 Å². The molecule has 0 aliphatic rings. The molecule has 0 amide bonds. The number of anilines is 1. The Balaban J connectivity index is 1.65. The monoisotopic (exact) mass is 328 g/mol. The molecular formula is C18H17FN2OS. The van der Waals surface area contributed by atoms with Crippen LogP contribution in [0.25, 0.3) is 0 Å². The Hall–Kier alpha value is -2.40. The SMILES string of the molecule is Cc1cnc(Cc2ccc(OCc3ccc(F)cc3)c(N)c2)s1. The van der Waals surface area contributed by atoms with Crippen molar-refractivity contribution < 1.29 is 9.13 Å². The average Bonchev–Trinajstić information content (AvgIpc) is 2.93. The Morgan fingerprint density at radius 2 is 1.87 bits per heavy atom. The van der Waals surface area contributed by atoms with Crippen molar-refractivity contribution >= 4 is 17.0 Å². The molecule has 2 aromatic carbocycles. The van der Waals surface area contributed by atoms with Gasteiger partial charge in [0.1, 0.15) is 18.2 Å². The van der Waals surface area contributed by atoms with Gasteiger partial charge in [0.2, 0.25) is 0 Å². The summed E-state index contributed by atoms with van der Waals surface area (Å²) in [6.07, 6.45) is 2.64. The van der Waals surface area contributed by atoms with E-state index in [-0.39, 0.29) is 5.82 Å². The maximum Gasteiger partial charge on any atom is 0.142 e. The minimum atomic E-state index is -0.255. The number of nitrogens with two attached hydrogens (primary N) is 1. The van der Waals surface area contributed by atoms with Gasteiger partial charge in [0.25, 0.3) is 0 Å². The van der Waals surface area contributed by atoms with Gasteiger partial charge in [0.05, 0.1) is 10.7 Å². The summed E-state index contributed by atoms with van der Waals surface area (Å²) in [5.41, 5.74) is 8.66. The highest BCUT2D eigenvalue weighted by Gasteiger charge is 2.06. The molecule has 0 saturated carbocycles. The van der Waals surface area contributed by atoms with Gasteiger partial charge < -0.3 is 10.5 Å². The molecule has 1 heterocycles. The molecule has 0 aliphatic carbocycles. The van der Waals surface area contributed by atoms with E-state index in [1.165, 1.54) is 17.0 Å². The quantitative estimate of drug-likeness (QED) is 0.709. The van der Waals surface area contributed by atoms with Crippen molar-refractivity contribution in [3.8, 4) is 5.75 Å². The van der Waals surface area contributed by atoms with Crippen molar-refractivity contribution in [2.45, 2.75) is 20.0 Å². The number of hydrogen-bond donors (Lipinski definition) is 1. The maximum absolute atomic E-state index is 12.9. The lowest BCUT2D eigenvalue weighted by molar-refractivity contribution is 0.307. The van der Waals surface area contributed by atoms with Gasteiger partial charge in [0.15, 0.2) is 0 Å². The number of ether oxygens (including phenoxy) is 1. The maximum atomic E-state index is 12.9. The van der Waals surface area contributed by atoms with E-state index in [2.05, 4.69) is 4.98 Å².